The molecule has 0 aliphatic heterocycles. The van der Waals surface area contributed by atoms with E-state index >= 15 is 0 Å². The van der Waals surface area contributed by atoms with Crippen molar-refractivity contribution in [2.45, 2.75) is 13.3 Å². The Bertz CT molecular complexity index is 580. The fourth-order valence-electron chi connectivity index (χ4n) is 1.88. The molecule has 0 saturated heterocycles. The minimum atomic E-state index is -0.0854. The lowest BCUT2D eigenvalue weighted by Gasteiger charge is -2.04. The van der Waals surface area contributed by atoms with Crippen LogP contribution in [0.1, 0.15) is 11.3 Å². The molecule has 0 radical (unpaired) electrons. The van der Waals surface area contributed by atoms with Crippen LogP contribution in [0.4, 0.5) is 0 Å². The number of carbonyl (C=O) groups is 1. The molecule has 2 rings (SSSR count). The number of aliphatic hydroxyl groups is 1. The van der Waals surface area contributed by atoms with E-state index in [1.165, 1.54) is 0 Å². The van der Waals surface area contributed by atoms with Gasteiger partial charge in [0.25, 0.3) is 0 Å². The summed E-state index contributed by atoms with van der Waals surface area (Å²) >= 11 is 0. The number of aliphatic hydroxyl groups excluding tert-OH is 1. The lowest BCUT2D eigenvalue weighted by atomic mass is 10.3. The number of hydrogen-bond donors (Lipinski definition) is 2. The number of rotatable bonds is 7. The van der Waals surface area contributed by atoms with Crippen LogP contribution in [0, 0.1) is 6.92 Å². The lowest BCUT2D eigenvalue weighted by molar-refractivity contribution is -0.120. The number of nitrogens with zero attached hydrogens (tertiary/aromatic N) is 2. The van der Waals surface area contributed by atoms with Crippen molar-refractivity contribution in [1.82, 2.24) is 14.7 Å². The number of imidazole rings is 1. The second kappa shape index (κ2) is 7.02. The second-order valence-electron chi connectivity index (χ2n) is 4.56. The summed E-state index contributed by atoms with van der Waals surface area (Å²) in [7, 11) is 0. The van der Waals surface area contributed by atoms with Gasteiger partial charge >= 0.3 is 0 Å². The third kappa shape index (κ3) is 4.04. The first-order valence-electron chi connectivity index (χ1n) is 6.58. The van der Waals surface area contributed by atoms with Crippen LogP contribution in [0.3, 0.4) is 0 Å². The van der Waals surface area contributed by atoms with E-state index in [-0.39, 0.29) is 18.9 Å². The first kappa shape index (κ1) is 14.5. The van der Waals surface area contributed by atoms with Gasteiger partial charge in [0, 0.05) is 18.9 Å². The number of ether oxygens (including phenoxy) is 1. The standard InChI is InChI=1S/C14H19N3O3/c1-11-2-4-17-10-12(16-13(17)8-11)9-14(19)15-3-6-20-7-5-18/h2,4,8,10,18H,3,5-7,9H2,1H3,(H,15,19). The first-order chi connectivity index (χ1) is 9.69. The van der Waals surface area contributed by atoms with Crippen LogP contribution in [0.25, 0.3) is 5.65 Å². The van der Waals surface area contributed by atoms with Gasteiger partial charge in [-0.25, -0.2) is 4.98 Å². The Balaban J connectivity index is 1.83. The summed E-state index contributed by atoms with van der Waals surface area (Å²) in [6.45, 7) is 3.13. The average molecular weight is 277 g/mol. The summed E-state index contributed by atoms with van der Waals surface area (Å²) in [5, 5.41) is 11.3. The molecule has 2 aromatic rings. The summed E-state index contributed by atoms with van der Waals surface area (Å²) < 4.78 is 6.96. The van der Waals surface area contributed by atoms with Crippen molar-refractivity contribution in [3.8, 4) is 0 Å². The quantitative estimate of drug-likeness (QED) is 0.714. The van der Waals surface area contributed by atoms with Gasteiger partial charge in [-0.05, 0) is 24.6 Å². The molecule has 0 saturated carbocycles. The lowest BCUT2D eigenvalue weighted by Crippen LogP contribution is -2.29. The van der Waals surface area contributed by atoms with Crippen molar-refractivity contribution in [3.63, 3.8) is 0 Å². The molecule has 108 valence electrons. The number of hydrogen-bond acceptors (Lipinski definition) is 4. The Morgan fingerprint density at radius 3 is 3.15 bits per heavy atom. The Morgan fingerprint density at radius 2 is 2.35 bits per heavy atom. The molecule has 2 aromatic heterocycles. The molecule has 0 unspecified atom stereocenters. The predicted octanol–water partition coefficient (Wildman–Crippen LogP) is 0.310. The summed E-state index contributed by atoms with van der Waals surface area (Å²) in [6, 6.07) is 3.97. The molecule has 0 bridgehead atoms. The van der Waals surface area contributed by atoms with Crippen molar-refractivity contribution in [2.75, 3.05) is 26.4 Å². The Hall–Kier alpha value is -1.92. The largest absolute Gasteiger partial charge is 0.394 e. The molecule has 0 aliphatic rings. The van der Waals surface area contributed by atoms with Crippen LogP contribution >= 0.6 is 0 Å². The highest BCUT2D eigenvalue weighted by Crippen LogP contribution is 2.08. The molecule has 0 aliphatic carbocycles. The van der Waals surface area contributed by atoms with Crippen molar-refractivity contribution < 1.29 is 14.6 Å². The molecule has 20 heavy (non-hydrogen) atoms. The first-order valence-corrected chi connectivity index (χ1v) is 6.58. The van der Waals surface area contributed by atoms with Crippen molar-refractivity contribution >= 4 is 11.6 Å². The number of carbonyl (C=O) groups excluding carboxylic acids is 1. The molecular formula is C14H19N3O3. The number of nitrogens with one attached hydrogen (secondary N) is 1. The third-order valence-electron chi connectivity index (χ3n) is 2.81. The fourth-order valence-corrected chi connectivity index (χ4v) is 1.88. The highest BCUT2D eigenvalue weighted by Gasteiger charge is 2.07. The van der Waals surface area contributed by atoms with Crippen LogP contribution in [0.15, 0.2) is 24.5 Å². The summed E-state index contributed by atoms with van der Waals surface area (Å²) in [5.41, 5.74) is 2.73. The maximum absolute atomic E-state index is 11.7. The zero-order valence-electron chi connectivity index (χ0n) is 11.5. The summed E-state index contributed by atoms with van der Waals surface area (Å²) in [4.78, 5) is 16.1. The highest BCUT2D eigenvalue weighted by molar-refractivity contribution is 5.78. The van der Waals surface area contributed by atoms with E-state index in [1.54, 1.807) is 0 Å². The molecular weight excluding hydrogens is 258 g/mol. The van der Waals surface area contributed by atoms with Crippen LogP contribution < -0.4 is 5.32 Å². The molecule has 2 heterocycles. The van der Waals surface area contributed by atoms with Crippen molar-refractivity contribution in [3.05, 3.63) is 35.8 Å². The molecule has 6 nitrogen and oxygen atoms in total. The van der Waals surface area contributed by atoms with Crippen LogP contribution in [0.2, 0.25) is 0 Å². The SMILES string of the molecule is Cc1ccn2cc(CC(=O)NCCOCCO)nc2c1. The number of aryl methyl sites for hydroxylation is 1. The minimum Gasteiger partial charge on any atom is -0.394 e. The monoisotopic (exact) mass is 277 g/mol. The minimum absolute atomic E-state index is 0.00535. The van der Waals surface area contributed by atoms with Gasteiger partial charge in [0.1, 0.15) is 5.65 Å². The van der Waals surface area contributed by atoms with Crippen molar-refractivity contribution in [1.29, 1.82) is 0 Å². The van der Waals surface area contributed by atoms with Gasteiger partial charge in [-0.2, -0.15) is 0 Å². The van der Waals surface area contributed by atoms with Crippen LogP contribution in [-0.4, -0.2) is 46.8 Å². The molecule has 2 N–H and O–H groups in total. The number of fused-ring (bicyclic) bond motifs is 1. The van der Waals surface area contributed by atoms with E-state index in [0.717, 1.165) is 16.9 Å². The topological polar surface area (TPSA) is 75.9 Å². The third-order valence-corrected chi connectivity index (χ3v) is 2.81. The van der Waals surface area contributed by atoms with Gasteiger partial charge < -0.3 is 19.6 Å². The highest BCUT2D eigenvalue weighted by atomic mass is 16.5. The molecule has 1 amide bonds. The maximum atomic E-state index is 11.7. The Morgan fingerprint density at radius 1 is 1.50 bits per heavy atom. The van der Waals surface area contributed by atoms with Gasteiger partial charge in [0.15, 0.2) is 0 Å². The smallest absolute Gasteiger partial charge is 0.226 e. The zero-order chi connectivity index (χ0) is 14.4. The predicted molar refractivity (Wildman–Crippen MR) is 74.5 cm³/mol. The van der Waals surface area contributed by atoms with E-state index in [2.05, 4.69) is 10.3 Å². The molecule has 0 aromatic carbocycles. The van der Waals surface area contributed by atoms with E-state index in [4.69, 9.17) is 9.84 Å². The van der Waals surface area contributed by atoms with E-state index in [9.17, 15) is 4.79 Å². The second-order valence-corrected chi connectivity index (χ2v) is 4.56. The number of aromatic nitrogens is 2. The van der Waals surface area contributed by atoms with Gasteiger partial charge in [-0.1, -0.05) is 0 Å². The maximum Gasteiger partial charge on any atom is 0.226 e. The van der Waals surface area contributed by atoms with Crippen molar-refractivity contribution in [2.24, 2.45) is 0 Å². The summed E-state index contributed by atoms with van der Waals surface area (Å²) in [5.74, 6) is -0.0854. The molecule has 6 heteroatoms. The molecule has 0 fully saturated rings. The van der Waals surface area contributed by atoms with E-state index < -0.39 is 0 Å². The van der Waals surface area contributed by atoms with Crippen LogP contribution in [0.5, 0.6) is 0 Å². The van der Waals surface area contributed by atoms with E-state index in [1.807, 2.05) is 35.9 Å². The van der Waals surface area contributed by atoms with Gasteiger partial charge in [0.2, 0.25) is 5.91 Å². The molecule has 0 atom stereocenters. The zero-order valence-corrected chi connectivity index (χ0v) is 11.5. The number of amides is 1. The van der Waals surface area contributed by atoms with Gasteiger partial charge in [-0.15, -0.1) is 0 Å². The summed E-state index contributed by atoms with van der Waals surface area (Å²) in [6.07, 6.45) is 4.04. The average Bonchev–Trinajstić information content (AvgIpc) is 2.79. The normalized spacial score (nSPS) is 10.9. The Labute approximate surface area is 117 Å². The molecule has 0 spiro atoms. The Kier molecular flexibility index (Phi) is 5.09. The number of pyridine rings is 1. The fraction of sp³-hybridized carbons (Fsp3) is 0.429. The van der Waals surface area contributed by atoms with Gasteiger partial charge in [-0.3, -0.25) is 4.79 Å². The van der Waals surface area contributed by atoms with E-state index in [0.29, 0.717) is 19.8 Å². The van der Waals surface area contributed by atoms with Gasteiger partial charge in [0.05, 0.1) is 31.9 Å². The van der Waals surface area contributed by atoms with Crippen LogP contribution in [-0.2, 0) is 16.0 Å².